The summed E-state index contributed by atoms with van der Waals surface area (Å²) in [5, 5.41) is 5.45. The summed E-state index contributed by atoms with van der Waals surface area (Å²) in [5.74, 6) is 5.03. The Morgan fingerprint density at radius 3 is 2.53 bits per heavy atom. The molecule has 0 radical (unpaired) electrons. The summed E-state index contributed by atoms with van der Waals surface area (Å²) in [6, 6.07) is 9.95. The SMILES string of the molecule is CC(C)CCC[C@@H](C)[C@H]1CC[C@H]2[C@@H]3CC[C@H]4C[C@H](O/N=C/c5cccc6cccnc56)[C@H](OS(C)(=O)=O)C[C@]4(C)[C@H]3CC[C@]12C. The van der Waals surface area contributed by atoms with Crippen LogP contribution >= 0.6 is 0 Å². The molecule has 7 heteroatoms. The molecular weight excluding hydrogens is 580 g/mol. The number of hydrogen-bond donors (Lipinski definition) is 0. The summed E-state index contributed by atoms with van der Waals surface area (Å²) in [5.41, 5.74) is 2.23. The highest BCUT2D eigenvalue weighted by Gasteiger charge is 2.62. The van der Waals surface area contributed by atoms with Crippen LogP contribution in [0.15, 0.2) is 41.7 Å². The Morgan fingerprint density at radius 1 is 0.978 bits per heavy atom. The molecule has 0 bridgehead atoms. The van der Waals surface area contributed by atoms with Gasteiger partial charge < -0.3 is 4.84 Å². The summed E-state index contributed by atoms with van der Waals surface area (Å²) in [4.78, 5) is 10.7. The van der Waals surface area contributed by atoms with Crippen LogP contribution in [0.3, 0.4) is 0 Å². The Hall–Kier alpha value is -1.99. The largest absolute Gasteiger partial charge is 0.390 e. The van der Waals surface area contributed by atoms with E-state index in [4.69, 9.17) is 9.02 Å². The predicted molar refractivity (Wildman–Crippen MR) is 182 cm³/mol. The van der Waals surface area contributed by atoms with E-state index in [0.29, 0.717) is 23.7 Å². The van der Waals surface area contributed by atoms with Crippen molar-refractivity contribution in [3.63, 3.8) is 0 Å². The zero-order valence-corrected chi connectivity index (χ0v) is 29.3. The van der Waals surface area contributed by atoms with E-state index in [1.165, 1.54) is 64.0 Å². The molecule has 0 saturated heterocycles. The lowest BCUT2D eigenvalue weighted by molar-refractivity contribution is -0.165. The summed E-state index contributed by atoms with van der Waals surface area (Å²) in [6.45, 7) is 12.3. The lowest BCUT2D eigenvalue weighted by Gasteiger charge is -2.62. The number of nitrogens with zero attached hydrogens (tertiary/aromatic N) is 2. The second kappa shape index (κ2) is 12.9. The van der Waals surface area contributed by atoms with Gasteiger partial charge in [-0.1, -0.05) is 83.3 Å². The average molecular weight is 637 g/mol. The smallest absolute Gasteiger partial charge is 0.264 e. The summed E-state index contributed by atoms with van der Waals surface area (Å²) < 4.78 is 30.9. The van der Waals surface area contributed by atoms with Gasteiger partial charge in [-0.2, -0.15) is 8.42 Å². The van der Waals surface area contributed by atoms with E-state index in [2.05, 4.69) is 44.8 Å². The van der Waals surface area contributed by atoms with Crippen LogP contribution in [0.2, 0.25) is 0 Å². The molecule has 1 aromatic heterocycles. The Kier molecular flexibility index (Phi) is 9.44. The van der Waals surface area contributed by atoms with Crippen LogP contribution in [-0.2, 0) is 19.1 Å². The van der Waals surface area contributed by atoms with Gasteiger partial charge in [0.05, 0.1) is 18.0 Å². The van der Waals surface area contributed by atoms with Crippen molar-refractivity contribution in [3.8, 4) is 0 Å². The minimum atomic E-state index is -3.65. The number of para-hydroxylation sites is 1. The number of oxime groups is 1. The third-order valence-electron chi connectivity index (χ3n) is 13.2. The van der Waals surface area contributed by atoms with Gasteiger partial charge >= 0.3 is 0 Å². The molecule has 0 aliphatic heterocycles. The topological polar surface area (TPSA) is 77.9 Å². The van der Waals surface area contributed by atoms with Gasteiger partial charge in [-0.3, -0.25) is 9.17 Å². The summed E-state index contributed by atoms with van der Waals surface area (Å²) >= 11 is 0. The maximum absolute atomic E-state index is 12.5. The van der Waals surface area contributed by atoms with Crippen LogP contribution < -0.4 is 0 Å². The molecule has 2 aromatic rings. The van der Waals surface area contributed by atoms with Gasteiger partial charge in [0.2, 0.25) is 0 Å². The van der Waals surface area contributed by atoms with Gasteiger partial charge in [0.25, 0.3) is 10.1 Å². The number of benzene rings is 1. The van der Waals surface area contributed by atoms with Crippen LogP contribution in [0.4, 0.5) is 0 Å². The van der Waals surface area contributed by atoms with Crippen molar-refractivity contribution in [2.45, 2.75) is 117 Å². The Balaban J connectivity index is 1.18. The molecule has 1 aromatic carbocycles. The first-order valence-corrected chi connectivity index (χ1v) is 19.6. The second-order valence-electron chi connectivity index (χ2n) is 16.3. The zero-order chi connectivity index (χ0) is 32.0. The molecule has 1 heterocycles. The van der Waals surface area contributed by atoms with E-state index in [-0.39, 0.29) is 5.41 Å². The molecule has 45 heavy (non-hydrogen) atoms. The van der Waals surface area contributed by atoms with Crippen molar-refractivity contribution < 1.29 is 17.4 Å². The molecule has 248 valence electrons. The molecule has 10 atom stereocenters. The third kappa shape index (κ3) is 6.59. The lowest BCUT2D eigenvalue weighted by atomic mass is 9.44. The van der Waals surface area contributed by atoms with Crippen molar-refractivity contribution in [2.75, 3.05) is 6.26 Å². The van der Waals surface area contributed by atoms with Gasteiger partial charge in [-0.25, -0.2) is 0 Å². The van der Waals surface area contributed by atoms with Crippen molar-refractivity contribution >= 4 is 27.2 Å². The fourth-order valence-electron chi connectivity index (χ4n) is 11.1. The minimum absolute atomic E-state index is 0.0453. The zero-order valence-electron chi connectivity index (χ0n) is 28.5. The van der Waals surface area contributed by atoms with Crippen LogP contribution in [0.1, 0.15) is 111 Å². The third-order valence-corrected chi connectivity index (χ3v) is 13.8. The number of hydrogen-bond acceptors (Lipinski definition) is 6. The van der Waals surface area contributed by atoms with Crippen LogP contribution in [0, 0.1) is 52.3 Å². The normalized spacial score (nSPS) is 37.4. The van der Waals surface area contributed by atoms with Gasteiger partial charge in [0, 0.05) is 17.1 Å². The van der Waals surface area contributed by atoms with E-state index >= 15 is 0 Å². The monoisotopic (exact) mass is 636 g/mol. The molecule has 6 nitrogen and oxygen atoms in total. The Labute approximate surface area is 272 Å². The van der Waals surface area contributed by atoms with E-state index in [1.54, 1.807) is 12.4 Å². The van der Waals surface area contributed by atoms with Crippen molar-refractivity contribution in [2.24, 2.45) is 57.4 Å². The highest BCUT2D eigenvalue weighted by atomic mass is 32.2. The molecule has 0 amide bonds. The molecule has 4 aliphatic rings. The molecule has 0 spiro atoms. The van der Waals surface area contributed by atoms with Gasteiger partial charge in [-0.05, 0) is 110 Å². The summed E-state index contributed by atoms with van der Waals surface area (Å²) in [6.07, 6.45) is 17.1. The van der Waals surface area contributed by atoms with E-state index in [0.717, 1.165) is 52.5 Å². The quantitative estimate of drug-likeness (QED) is 0.148. The molecule has 6 rings (SSSR count). The number of pyridine rings is 1. The first-order valence-electron chi connectivity index (χ1n) is 17.8. The molecule has 0 unspecified atom stereocenters. The fourth-order valence-corrected chi connectivity index (χ4v) is 11.7. The van der Waals surface area contributed by atoms with Crippen molar-refractivity contribution in [3.05, 3.63) is 42.1 Å². The van der Waals surface area contributed by atoms with Gasteiger partial charge in [-0.15, -0.1) is 0 Å². The van der Waals surface area contributed by atoms with E-state index in [1.807, 2.05) is 30.3 Å². The van der Waals surface area contributed by atoms with Crippen molar-refractivity contribution in [1.29, 1.82) is 0 Å². The highest BCUT2D eigenvalue weighted by molar-refractivity contribution is 7.86. The molecule has 0 N–H and O–H groups in total. The second-order valence-corrected chi connectivity index (χ2v) is 17.9. The highest BCUT2D eigenvalue weighted by Crippen LogP contribution is 2.68. The first kappa shape index (κ1) is 32.9. The maximum Gasteiger partial charge on any atom is 0.264 e. The van der Waals surface area contributed by atoms with Crippen LogP contribution in [-0.4, -0.2) is 38.1 Å². The molecule has 4 aliphatic carbocycles. The number of fused-ring (bicyclic) bond motifs is 6. The maximum atomic E-state index is 12.5. The predicted octanol–water partition coefficient (Wildman–Crippen LogP) is 9.03. The Morgan fingerprint density at radius 2 is 1.76 bits per heavy atom. The lowest BCUT2D eigenvalue weighted by Crippen LogP contribution is -2.57. The number of rotatable bonds is 10. The van der Waals surface area contributed by atoms with E-state index in [9.17, 15) is 8.42 Å². The van der Waals surface area contributed by atoms with Crippen molar-refractivity contribution in [1.82, 2.24) is 4.98 Å². The standard InChI is InChI=1S/C38H56N2O4S/c1-25(2)10-7-11-26(3)31-17-18-32-30-16-15-29-22-34(43-40-24-28-13-8-12-27-14-9-21-39-36(27)28)35(44-45(6,41)42)23-38(29,5)33(30)19-20-37(31,32)4/h8-9,12-14,21,24-26,29-35H,7,10-11,15-20,22-23H2,1-6H3/b40-24+/t26-,29+,30+,31-,32+,33+,34+,35-,37-,38+/m1/s1. The first-order chi connectivity index (χ1) is 21.4. The molecule has 4 fully saturated rings. The van der Waals surface area contributed by atoms with Crippen LogP contribution in [0.5, 0.6) is 0 Å². The van der Waals surface area contributed by atoms with Gasteiger partial charge in [0.1, 0.15) is 6.10 Å². The average Bonchev–Trinajstić information content (AvgIpc) is 3.34. The summed E-state index contributed by atoms with van der Waals surface area (Å²) in [7, 11) is -3.65. The Bertz CT molecular complexity index is 1470. The van der Waals surface area contributed by atoms with Crippen LogP contribution in [0.25, 0.3) is 10.9 Å². The fraction of sp³-hybridized carbons (Fsp3) is 0.737. The molecule has 4 saturated carbocycles. The number of aromatic nitrogens is 1. The van der Waals surface area contributed by atoms with E-state index < -0.39 is 22.3 Å². The van der Waals surface area contributed by atoms with Gasteiger partial charge in [0.15, 0.2) is 6.10 Å². The molecular formula is C38H56N2O4S. The minimum Gasteiger partial charge on any atom is -0.390 e.